The highest BCUT2D eigenvalue weighted by atomic mass is 79.9. The number of hydrogen-bond acceptors (Lipinski definition) is 5. The molecule has 2 heterocycles. The first-order valence-electron chi connectivity index (χ1n) is 7.33. The van der Waals surface area contributed by atoms with Crippen LogP contribution in [0.5, 0.6) is 11.6 Å². The summed E-state index contributed by atoms with van der Waals surface area (Å²) in [4.78, 5) is 18.3. The zero-order valence-corrected chi connectivity index (χ0v) is 15.1. The van der Waals surface area contributed by atoms with E-state index in [4.69, 9.17) is 4.74 Å². The molecule has 3 rings (SSSR count). The van der Waals surface area contributed by atoms with Crippen LogP contribution in [0.15, 0.2) is 47.1 Å². The highest BCUT2D eigenvalue weighted by molar-refractivity contribution is 9.10. The van der Waals surface area contributed by atoms with Crippen LogP contribution in [0.3, 0.4) is 0 Å². The van der Waals surface area contributed by atoms with Crippen LogP contribution >= 0.6 is 15.9 Å². The average Bonchev–Trinajstić information content (AvgIpc) is 2.57. The summed E-state index contributed by atoms with van der Waals surface area (Å²) < 4.78 is 29.7. The van der Waals surface area contributed by atoms with Crippen molar-refractivity contribution in [3.05, 3.63) is 52.6 Å². The number of carbonyl (C=O) groups excluding carboxylic acids is 1. The molecule has 1 aliphatic heterocycles. The number of rotatable bonds is 3. The number of amides is 1. The second-order valence-corrected chi connectivity index (χ2v) is 8.58. The van der Waals surface area contributed by atoms with E-state index in [9.17, 15) is 13.2 Å². The molecular weight excluding hydrogens is 396 g/mol. The SMILES string of the molecule is O=C(c1cccnc1Oc1ccc(Br)cc1)N1CCS(=O)(=O)CC1. The van der Waals surface area contributed by atoms with E-state index in [1.54, 1.807) is 30.5 Å². The summed E-state index contributed by atoms with van der Waals surface area (Å²) >= 11 is 3.35. The summed E-state index contributed by atoms with van der Waals surface area (Å²) in [6.45, 7) is 0.377. The molecule has 0 bridgehead atoms. The molecule has 0 aliphatic carbocycles. The number of hydrogen-bond donors (Lipinski definition) is 0. The Morgan fingerprint density at radius 1 is 1.12 bits per heavy atom. The van der Waals surface area contributed by atoms with E-state index in [0.29, 0.717) is 11.3 Å². The summed E-state index contributed by atoms with van der Waals surface area (Å²) in [6, 6.07) is 10.5. The summed E-state index contributed by atoms with van der Waals surface area (Å²) in [7, 11) is -3.04. The number of ether oxygens (including phenoxy) is 1. The standard InChI is InChI=1S/C16H15BrN2O4S/c17-12-3-5-13(6-4-12)23-15-14(2-1-7-18-15)16(20)19-8-10-24(21,22)11-9-19/h1-7H,8-11H2. The van der Waals surface area contributed by atoms with E-state index >= 15 is 0 Å². The van der Waals surface area contributed by atoms with Crippen molar-refractivity contribution in [2.75, 3.05) is 24.6 Å². The molecule has 0 spiro atoms. The molecule has 0 unspecified atom stereocenters. The van der Waals surface area contributed by atoms with Gasteiger partial charge in [0.2, 0.25) is 5.88 Å². The van der Waals surface area contributed by atoms with Crippen molar-refractivity contribution in [3.63, 3.8) is 0 Å². The fraction of sp³-hybridized carbons (Fsp3) is 0.250. The van der Waals surface area contributed by atoms with Gasteiger partial charge in [0.1, 0.15) is 11.3 Å². The van der Waals surface area contributed by atoms with Gasteiger partial charge in [-0.05, 0) is 36.4 Å². The number of sulfone groups is 1. The van der Waals surface area contributed by atoms with Crippen molar-refractivity contribution >= 4 is 31.7 Å². The molecule has 6 nitrogen and oxygen atoms in total. The lowest BCUT2D eigenvalue weighted by atomic mass is 10.2. The molecule has 2 aromatic rings. The molecule has 1 aromatic carbocycles. The highest BCUT2D eigenvalue weighted by Crippen LogP contribution is 2.25. The van der Waals surface area contributed by atoms with Crippen molar-refractivity contribution in [2.45, 2.75) is 0 Å². The van der Waals surface area contributed by atoms with Gasteiger partial charge in [-0.25, -0.2) is 13.4 Å². The number of benzene rings is 1. The zero-order valence-electron chi connectivity index (χ0n) is 12.7. The van der Waals surface area contributed by atoms with Gasteiger partial charge in [-0.15, -0.1) is 0 Å². The Kier molecular flexibility index (Phi) is 4.86. The van der Waals surface area contributed by atoms with E-state index in [0.717, 1.165) is 4.47 Å². The quantitative estimate of drug-likeness (QED) is 0.776. The summed E-state index contributed by atoms with van der Waals surface area (Å²) in [5.41, 5.74) is 0.319. The van der Waals surface area contributed by atoms with Crippen LogP contribution in [0.1, 0.15) is 10.4 Å². The van der Waals surface area contributed by atoms with Crippen molar-refractivity contribution in [1.29, 1.82) is 0 Å². The predicted molar refractivity (Wildman–Crippen MR) is 93.0 cm³/mol. The van der Waals surface area contributed by atoms with E-state index in [1.165, 1.54) is 4.90 Å². The third-order valence-electron chi connectivity index (χ3n) is 3.66. The van der Waals surface area contributed by atoms with Crippen LogP contribution < -0.4 is 4.74 Å². The van der Waals surface area contributed by atoms with E-state index in [-0.39, 0.29) is 36.4 Å². The molecule has 24 heavy (non-hydrogen) atoms. The van der Waals surface area contributed by atoms with Gasteiger partial charge in [0.25, 0.3) is 5.91 Å². The second kappa shape index (κ2) is 6.90. The first kappa shape index (κ1) is 16.9. The number of halogens is 1. The van der Waals surface area contributed by atoms with Crippen molar-refractivity contribution in [3.8, 4) is 11.6 Å². The van der Waals surface area contributed by atoms with Gasteiger partial charge in [-0.2, -0.15) is 0 Å². The Hall–Kier alpha value is -1.93. The van der Waals surface area contributed by atoms with Gasteiger partial charge in [0.15, 0.2) is 9.84 Å². The number of carbonyl (C=O) groups is 1. The van der Waals surface area contributed by atoms with Gasteiger partial charge < -0.3 is 9.64 Å². The van der Waals surface area contributed by atoms with Gasteiger partial charge in [-0.3, -0.25) is 4.79 Å². The minimum Gasteiger partial charge on any atom is -0.438 e. The maximum atomic E-state index is 12.7. The number of aromatic nitrogens is 1. The molecule has 1 amide bonds. The molecule has 1 aliphatic rings. The minimum absolute atomic E-state index is 0.0120. The highest BCUT2D eigenvalue weighted by Gasteiger charge is 2.27. The lowest BCUT2D eigenvalue weighted by Crippen LogP contribution is -2.43. The van der Waals surface area contributed by atoms with Crippen LogP contribution in [0.4, 0.5) is 0 Å². The second-order valence-electron chi connectivity index (χ2n) is 5.36. The lowest BCUT2D eigenvalue weighted by molar-refractivity contribution is 0.0767. The molecule has 1 saturated heterocycles. The largest absolute Gasteiger partial charge is 0.438 e. The Balaban J connectivity index is 1.81. The first-order valence-corrected chi connectivity index (χ1v) is 9.94. The van der Waals surface area contributed by atoms with Gasteiger partial charge in [-0.1, -0.05) is 15.9 Å². The maximum Gasteiger partial charge on any atom is 0.259 e. The molecule has 0 atom stereocenters. The van der Waals surface area contributed by atoms with E-state index in [1.807, 2.05) is 12.1 Å². The Morgan fingerprint density at radius 3 is 2.46 bits per heavy atom. The number of nitrogens with zero attached hydrogens (tertiary/aromatic N) is 2. The zero-order chi connectivity index (χ0) is 17.2. The lowest BCUT2D eigenvalue weighted by Gasteiger charge is -2.27. The summed E-state index contributed by atoms with van der Waals surface area (Å²) in [6.07, 6.45) is 1.55. The van der Waals surface area contributed by atoms with Gasteiger partial charge in [0.05, 0.1) is 11.5 Å². The smallest absolute Gasteiger partial charge is 0.259 e. The van der Waals surface area contributed by atoms with Crippen LogP contribution in [0, 0.1) is 0 Å². The van der Waals surface area contributed by atoms with E-state index < -0.39 is 9.84 Å². The third-order valence-corrected chi connectivity index (χ3v) is 5.80. The van der Waals surface area contributed by atoms with Crippen LogP contribution in [0.25, 0.3) is 0 Å². The molecule has 8 heteroatoms. The third kappa shape index (κ3) is 3.93. The van der Waals surface area contributed by atoms with E-state index in [2.05, 4.69) is 20.9 Å². The van der Waals surface area contributed by atoms with Gasteiger partial charge in [0, 0.05) is 23.8 Å². The van der Waals surface area contributed by atoms with Crippen LogP contribution in [0.2, 0.25) is 0 Å². The monoisotopic (exact) mass is 410 g/mol. The fourth-order valence-electron chi connectivity index (χ4n) is 2.34. The topological polar surface area (TPSA) is 76.6 Å². The molecule has 0 radical (unpaired) electrons. The van der Waals surface area contributed by atoms with Crippen molar-refractivity contribution < 1.29 is 17.9 Å². The number of pyridine rings is 1. The Bertz CT molecular complexity index is 839. The van der Waals surface area contributed by atoms with Crippen LogP contribution in [-0.2, 0) is 9.84 Å². The molecular formula is C16H15BrN2O4S. The normalized spacial score (nSPS) is 16.6. The van der Waals surface area contributed by atoms with Crippen LogP contribution in [-0.4, -0.2) is 48.8 Å². The van der Waals surface area contributed by atoms with Gasteiger partial charge >= 0.3 is 0 Å². The molecule has 0 N–H and O–H groups in total. The predicted octanol–water partition coefficient (Wildman–Crippen LogP) is 2.51. The molecule has 1 aromatic heterocycles. The van der Waals surface area contributed by atoms with Crippen molar-refractivity contribution in [2.24, 2.45) is 0 Å². The molecule has 0 saturated carbocycles. The average molecular weight is 411 g/mol. The molecule has 1 fully saturated rings. The summed E-state index contributed by atoms with van der Waals surface area (Å²) in [5, 5.41) is 0. The molecule has 126 valence electrons. The maximum absolute atomic E-state index is 12.7. The fourth-order valence-corrected chi connectivity index (χ4v) is 3.80. The minimum atomic E-state index is -3.04. The summed E-state index contributed by atoms with van der Waals surface area (Å²) in [5.74, 6) is 0.472. The first-order chi connectivity index (χ1) is 11.4. The van der Waals surface area contributed by atoms with Crippen molar-refractivity contribution in [1.82, 2.24) is 9.88 Å². The Labute approximate surface area is 148 Å². The Morgan fingerprint density at radius 2 is 1.79 bits per heavy atom.